The average molecular weight is 262 g/mol. The van der Waals surface area contributed by atoms with Gasteiger partial charge in [-0.05, 0) is 37.3 Å². The number of nitrogens with two attached hydrogens (primary N) is 1. The smallest absolute Gasteiger partial charge is 0.255 e. The van der Waals surface area contributed by atoms with Crippen LogP contribution in [0.2, 0.25) is 0 Å². The Bertz CT molecular complexity index is 455. The molecule has 1 fully saturated rings. The molecule has 0 spiro atoms. The van der Waals surface area contributed by atoms with Gasteiger partial charge in [-0.3, -0.25) is 4.79 Å². The van der Waals surface area contributed by atoms with Crippen molar-refractivity contribution in [3.8, 4) is 5.75 Å². The van der Waals surface area contributed by atoms with E-state index in [1.165, 1.54) is 12.8 Å². The Balaban J connectivity index is 2.15. The maximum Gasteiger partial charge on any atom is 0.255 e. The zero-order valence-corrected chi connectivity index (χ0v) is 11.7. The van der Waals surface area contributed by atoms with E-state index >= 15 is 0 Å². The van der Waals surface area contributed by atoms with E-state index in [1.54, 1.807) is 25.3 Å². The number of hydrogen-bond donors (Lipinski definition) is 1. The van der Waals surface area contributed by atoms with Crippen LogP contribution < -0.4 is 10.5 Å². The molecule has 1 aromatic carbocycles. The highest BCUT2D eigenvalue weighted by molar-refractivity contribution is 5.99. The van der Waals surface area contributed by atoms with E-state index in [0.29, 0.717) is 22.9 Å². The van der Waals surface area contributed by atoms with Gasteiger partial charge in [0.25, 0.3) is 5.91 Å². The highest BCUT2D eigenvalue weighted by Gasteiger charge is 2.27. The number of ether oxygens (including phenoxy) is 1. The number of carbonyl (C=O) groups excluding carboxylic acids is 1. The van der Waals surface area contributed by atoms with Crippen LogP contribution in [-0.2, 0) is 0 Å². The van der Waals surface area contributed by atoms with Gasteiger partial charge in [0.2, 0.25) is 0 Å². The van der Waals surface area contributed by atoms with E-state index in [9.17, 15) is 4.79 Å². The first-order valence-electron chi connectivity index (χ1n) is 6.88. The molecule has 1 aromatic rings. The number of rotatable bonds is 6. The van der Waals surface area contributed by atoms with Crippen molar-refractivity contribution < 1.29 is 9.53 Å². The van der Waals surface area contributed by atoms with Gasteiger partial charge in [0.15, 0.2) is 0 Å². The quantitative estimate of drug-likeness (QED) is 0.801. The number of hydrogen-bond acceptors (Lipinski definition) is 3. The van der Waals surface area contributed by atoms with Gasteiger partial charge in [0, 0.05) is 24.8 Å². The minimum Gasteiger partial charge on any atom is -0.497 e. The molecule has 1 saturated carbocycles. The molecule has 1 amide bonds. The second-order valence-electron chi connectivity index (χ2n) is 5.15. The third-order valence-corrected chi connectivity index (χ3v) is 3.45. The summed E-state index contributed by atoms with van der Waals surface area (Å²) >= 11 is 0. The molecule has 0 unspecified atom stereocenters. The lowest BCUT2D eigenvalue weighted by molar-refractivity contribution is 0.0749. The van der Waals surface area contributed by atoms with Crippen LogP contribution in [0, 0.1) is 5.92 Å². The van der Waals surface area contributed by atoms with Gasteiger partial charge in [-0.2, -0.15) is 0 Å². The van der Waals surface area contributed by atoms with Crippen molar-refractivity contribution in [2.24, 2.45) is 5.92 Å². The normalized spacial score (nSPS) is 14.2. The first kappa shape index (κ1) is 13.7. The molecule has 0 atom stereocenters. The van der Waals surface area contributed by atoms with Crippen molar-refractivity contribution in [3.05, 3.63) is 23.8 Å². The molecule has 4 heteroatoms. The molecule has 1 aliphatic carbocycles. The van der Waals surface area contributed by atoms with Crippen molar-refractivity contribution in [2.75, 3.05) is 25.9 Å². The zero-order chi connectivity index (χ0) is 13.8. The molecule has 0 saturated heterocycles. The summed E-state index contributed by atoms with van der Waals surface area (Å²) in [6.07, 6.45) is 3.45. The van der Waals surface area contributed by atoms with Crippen LogP contribution in [0.15, 0.2) is 18.2 Å². The summed E-state index contributed by atoms with van der Waals surface area (Å²) in [5, 5.41) is 0. The monoisotopic (exact) mass is 262 g/mol. The third-order valence-electron chi connectivity index (χ3n) is 3.45. The second-order valence-corrected chi connectivity index (χ2v) is 5.15. The summed E-state index contributed by atoms with van der Waals surface area (Å²) in [5.74, 6) is 1.40. The number of amides is 1. The molecule has 4 nitrogen and oxygen atoms in total. The largest absolute Gasteiger partial charge is 0.497 e. The summed E-state index contributed by atoms with van der Waals surface area (Å²) < 4.78 is 5.11. The van der Waals surface area contributed by atoms with Gasteiger partial charge in [0.05, 0.1) is 12.7 Å². The van der Waals surface area contributed by atoms with Crippen molar-refractivity contribution in [3.63, 3.8) is 0 Å². The van der Waals surface area contributed by atoms with Crippen molar-refractivity contribution in [2.45, 2.75) is 26.2 Å². The summed E-state index contributed by atoms with van der Waals surface area (Å²) in [5.41, 5.74) is 7.02. The van der Waals surface area contributed by atoms with Gasteiger partial charge < -0.3 is 15.4 Å². The minimum absolute atomic E-state index is 0.0360. The minimum atomic E-state index is 0.0360. The molecule has 2 N–H and O–H groups in total. The number of benzene rings is 1. The van der Waals surface area contributed by atoms with E-state index in [1.807, 2.05) is 4.90 Å². The zero-order valence-electron chi connectivity index (χ0n) is 11.7. The number of nitrogens with zero attached hydrogens (tertiary/aromatic N) is 1. The number of anilines is 1. The van der Waals surface area contributed by atoms with Crippen LogP contribution in [0.25, 0.3) is 0 Å². The fourth-order valence-corrected chi connectivity index (χ4v) is 2.19. The Morgan fingerprint density at radius 1 is 1.47 bits per heavy atom. The average Bonchev–Trinajstić information content (AvgIpc) is 3.21. The van der Waals surface area contributed by atoms with E-state index in [0.717, 1.165) is 19.5 Å². The van der Waals surface area contributed by atoms with Crippen molar-refractivity contribution >= 4 is 11.6 Å². The number of methoxy groups -OCH3 is 1. The molecule has 0 aromatic heterocycles. The summed E-state index contributed by atoms with van der Waals surface area (Å²) in [4.78, 5) is 14.5. The van der Waals surface area contributed by atoms with Crippen LogP contribution in [0.3, 0.4) is 0 Å². The molecular weight excluding hydrogens is 240 g/mol. The molecule has 0 radical (unpaired) electrons. The first-order valence-corrected chi connectivity index (χ1v) is 6.88. The van der Waals surface area contributed by atoms with E-state index in [4.69, 9.17) is 10.5 Å². The van der Waals surface area contributed by atoms with Gasteiger partial charge in [0.1, 0.15) is 5.75 Å². The lowest BCUT2D eigenvalue weighted by Crippen LogP contribution is -2.34. The van der Waals surface area contributed by atoms with Gasteiger partial charge in [-0.25, -0.2) is 0 Å². The molecule has 104 valence electrons. The third kappa shape index (κ3) is 3.40. The highest BCUT2D eigenvalue weighted by Crippen LogP contribution is 2.30. The fourth-order valence-electron chi connectivity index (χ4n) is 2.19. The van der Waals surface area contributed by atoms with Gasteiger partial charge in [-0.15, -0.1) is 0 Å². The first-order chi connectivity index (χ1) is 9.15. The molecular formula is C15H22N2O2. The lowest BCUT2D eigenvalue weighted by atomic mass is 10.1. The maximum atomic E-state index is 12.5. The van der Waals surface area contributed by atoms with Crippen LogP contribution in [0.5, 0.6) is 5.75 Å². The van der Waals surface area contributed by atoms with Crippen LogP contribution in [0.4, 0.5) is 5.69 Å². The number of carbonyl (C=O) groups is 1. The van der Waals surface area contributed by atoms with E-state index in [-0.39, 0.29) is 5.91 Å². The highest BCUT2D eigenvalue weighted by atomic mass is 16.5. The summed E-state index contributed by atoms with van der Waals surface area (Å²) in [6, 6.07) is 5.24. The van der Waals surface area contributed by atoms with Crippen LogP contribution >= 0.6 is 0 Å². The fraction of sp³-hybridized carbons (Fsp3) is 0.533. The van der Waals surface area contributed by atoms with Crippen LogP contribution in [-0.4, -0.2) is 31.0 Å². The van der Waals surface area contributed by atoms with Crippen molar-refractivity contribution in [1.82, 2.24) is 4.90 Å². The van der Waals surface area contributed by atoms with Gasteiger partial charge in [-0.1, -0.05) is 6.92 Å². The summed E-state index contributed by atoms with van der Waals surface area (Å²) in [6.45, 7) is 3.74. The maximum absolute atomic E-state index is 12.5. The summed E-state index contributed by atoms with van der Waals surface area (Å²) in [7, 11) is 1.59. The Labute approximate surface area is 114 Å². The van der Waals surface area contributed by atoms with Gasteiger partial charge >= 0.3 is 0 Å². The Morgan fingerprint density at radius 2 is 2.21 bits per heavy atom. The van der Waals surface area contributed by atoms with E-state index < -0.39 is 0 Å². The molecule has 2 rings (SSSR count). The lowest BCUT2D eigenvalue weighted by Gasteiger charge is -2.23. The predicted octanol–water partition coefficient (Wildman–Crippen LogP) is 2.54. The molecule has 0 aliphatic heterocycles. The molecule has 0 bridgehead atoms. The predicted molar refractivity (Wildman–Crippen MR) is 76.3 cm³/mol. The molecule has 1 aliphatic rings. The van der Waals surface area contributed by atoms with Crippen molar-refractivity contribution in [1.29, 1.82) is 0 Å². The Hall–Kier alpha value is -1.71. The second kappa shape index (κ2) is 5.95. The topological polar surface area (TPSA) is 55.6 Å². The Kier molecular flexibility index (Phi) is 4.30. The SMILES string of the molecule is CCCN(CC1CC1)C(=O)c1ccc(OC)cc1N. The Morgan fingerprint density at radius 3 is 2.74 bits per heavy atom. The van der Waals surface area contributed by atoms with Crippen LogP contribution in [0.1, 0.15) is 36.5 Å². The standard InChI is InChI=1S/C15H22N2O2/c1-3-8-17(10-11-4-5-11)15(18)13-7-6-12(19-2)9-14(13)16/h6-7,9,11H,3-5,8,10,16H2,1-2H3. The molecule has 0 heterocycles. The van der Waals surface area contributed by atoms with E-state index in [2.05, 4.69) is 6.92 Å². The number of nitrogen functional groups attached to an aromatic ring is 1. The molecule has 19 heavy (non-hydrogen) atoms.